The average molecular weight is 242 g/mol. The van der Waals surface area contributed by atoms with E-state index < -0.39 is 6.29 Å². The molecule has 2 atom stereocenters. The molecule has 0 radical (unpaired) electrons. The van der Waals surface area contributed by atoms with E-state index in [0.717, 1.165) is 38.2 Å². The fourth-order valence-corrected chi connectivity index (χ4v) is 2.96. The Labute approximate surface area is 104 Å². The molecule has 1 saturated heterocycles. The highest BCUT2D eigenvalue weighted by atomic mass is 16.6. The van der Waals surface area contributed by atoms with Crippen molar-refractivity contribution < 1.29 is 14.6 Å². The first-order valence-corrected chi connectivity index (χ1v) is 7.26. The third kappa shape index (κ3) is 4.94. The number of rotatable bonds is 5. The lowest BCUT2D eigenvalue weighted by Crippen LogP contribution is -2.30. The molecule has 0 spiro atoms. The van der Waals surface area contributed by atoms with E-state index in [1.807, 2.05) is 0 Å². The summed E-state index contributed by atoms with van der Waals surface area (Å²) < 4.78 is 11.0. The molecule has 2 unspecified atom stereocenters. The SMILES string of the molecule is OC(CCC1CCCCC1)OC1CCCOC1. The van der Waals surface area contributed by atoms with Gasteiger partial charge >= 0.3 is 0 Å². The van der Waals surface area contributed by atoms with Crippen molar-refractivity contribution in [1.29, 1.82) is 0 Å². The largest absolute Gasteiger partial charge is 0.379 e. The Morgan fingerprint density at radius 2 is 1.94 bits per heavy atom. The van der Waals surface area contributed by atoms with Crippen LogP contribution in [-0.4, -0.2) is 30.7 Å². The molecule has 3 nitrogen and oxygen atoms in total. The van der Waals surface area contributed by atoms with Crippen LogP contribution in [0, 0.1) is 5.92 Å². The molecule has 100 valence electrons. The molecule has 1 heterocycles. The summed E-state index contributed by atoms with van der Waals surface area (Å²) in [6.07, 6.45) is 10.4. The lowest BCUT2D eigenvalue weighted by atomic mass is 9.86. The summed E-state index contributed by atoms with van der Waals surface area (Å²) in [5.41, 5.74) is 0. The fraction of sp³-hybridized carbons (Fsp3) is 1.00. The molecule has 0 bridgehead atoms. The third-order valence-electron chi connectivity index (χ3n) is 4.01. The highest BCUT2D eigenvalue weighted by molar-refractivity contribution is 4.67. The van der Waals surface area contributed by atoms with Gasteiger partial charge in [-0.05, 0) is 31.6 Å². The highest BCUT2D eigenvalue weighted by Gasteiger charge is 2.20. The van der Waals surface area contributed by atoms with Crippen molar-refractivity contribution in [1.82, 2.24) is 0 Å². The van der Waals surface area contributed by atoms with Crippen LogP contribution in [0.25, 0.3) is 0 Å². The van der Waals surface area contributed by atoms with Gasteiger partial charge in [-0.2, -0.15) is 0 Å². The quantitative estimate of drug-likeness (QED) is 0.753. The summed E-state index contributed by atoms with van der Waals surface area (Å²) in [6.45, 7) is 1.50. The normalized spacial score (nSPS) is 29.1. The first kappa shape index (κ1) is 13.3. The molecule has 0 aromatic rings. The molecule has 1 aliphatic carbocycles. The van der Waals surface area contributed by atoms with Gasteiger partial charge in [-0.25, -0.2) is 0 Å². The Morgan fingerprint density at radius 3 is 2.65 bits per heavy atom. The molecule has 0 amide bonds. The second-order valence-electron chi connectivity index (χ2n) is 5.51. The lowest BCUT2D eigenvalue weighted by Gasteiger charge is -2.27. The molecule has 1 aliphatic heterocycles. The van der Waals surface area contributed by atoms with Crippen LogP contribution in [0.1, 0.15) is 57.8 Å². The Bertz CT molecular complexity index is 196. The Kier molecular flexibility index (Phi) is 5.75. The molecule has 2 aliphatic rings. The van der Waals surface area contributed by atoms with Gasteiger partial charge in [0.1, 0.15) is 0 Å². The van der Waals surface area contributed by atoms with E-state index in [4.69, 9.17) is 9.47 Å². The van der Waals surface area contributed by atoms with Crippen LogP contribution in [0.4, 0.5) is 0 Å². The number of aliphatic hydroxyl groups is 1. The van der Waals surface area contributed by atoms with Crippen molar-refractivity contribution in [3.63, 3.8) is 0 Å². The molecule has 0 aromatic heterocycles. The Morgan fingerprint density at radius 1 is 1.12 bits per heavy atom. The zero-order chi connectivity index (χ0) is 11.9. The maximum absolute atomic E-state index is 9.85. The number of aliphatic hydroxyl groups excluding tert-OH is 1. The number of hydrogen-bond acceptors (Lipinski definition) is 3. The predicted molar refractivity (Wildman–Crippen MR) is 66.7 cm³/mol. The lowest BCUT2D eigenvalue weighted by molar-refractivity contribution is -0.169. The Balaban J connectivity index is 1.57. The van der Waals surface area contributed by atoms with E-state index in [-0.39, 0.29) is 6.10 Å². The van der Waals surface area contributed by atoms with Crippen molar-refractivity contribution in [2.45, 2.75) is 70.2 Å². The predicted octanol–water partition coefficient (Wildman–Crippen LogP) is 2.86. The van der Waals surface area contributed by atoms with Crippen molar-refractivity contribution in [2.24, 2.45) is 5.92 Å². The first-order chi connectivity index (χ1) is 8.34. The summed E-state index contributed by atoms with van der Waals surface area (Å²) >= 11 is 0. The van der Waals surface area contributed by atoms with Crippen LogP contribution in [-0.2, 0) is 9.47 Å². The van der Waals surface area contributed by atoms with E-state index in [1.165, 1.54) is 32.1 Å². The van der Waals surface area contributed by atoms with E-state index in [2.05, 4.69) is 0 Å². The standard InChI is InChI=1S/C14H26O3/c15-14(17-13-7-4-10-16-11-13)9-8-12-5-2-1-3-6-12/h12-15H,1-11H2. The molecule has 3 heteroatoms. The van der Waals surface area contributed by atoms with E-state index in [1.54, 1.807) is 0 Å². The molecular formula is C14H26O3. The molecule has 0 aromatic carbocycles. The zero-order valence-corrected chi connectivity index (χ0v) is 10.8. The van der Waals surface area contributed by atoms with Gasteiger partial charge in [0.25, 0.3) is 0 Å². The van der Waals surface area contributed by atoms with Gasteiger partial charge in [-0.3, -0.25) is 0 Å². The smallest absolute Gasteiger partial charge is 0.155 e. The van der Waals surface area contributed by atoms with Crippen LogP contribution in [0.3, 0.4) is 0 Å². The van der Waals surface area contributed by atoms with Gasteiger partial charge in [0.05, 0.1) is 12.7 Å². The summed E-state index contributed by atoms with van der Waals surface area (Å²) in [5.74, 6) is 0.824. The van der Waals surface area contributed by atoms with Crippen LogP contribution in [0.5, 0.6) is 0 Å². The molecule has 2 fully saturated rings. The maximum atomic E-state index is 9.85. The number of hydrogen-bond donors (Lipinski definition) is 1. The van der Waals surface area contributed by atoms with Gasteiger partial charge in [-0.1, -0.05) is 32.1 Å². The van der Waals surface area contributed by atoms with Crippen LogP contribution in [0.15, 0.2) is 0 Å². The highest BCUT2D eigenvalue weighted by Crippen LogP contribution is 2.28. The Hall–Kier alpha value is -0.120. The molecule has 1 N–H and O–H groups in total. The van der Waals surface area contributed by atoms with Crippen LogP contribution in [0.2, 0.25) is 0 Å². The maximum Gasteiger partial charge on any atom is 0.155 e. The minimum Gasteiger partial charge on any atom is -0.379 e. The summed E-state index contributed by atoms with van der Waals surface area (Å²) in [5, 5.41) is 9.85. The molecular weight excluding hydrogens is 216 g/mol. The molecule has 1 saturated carbocycles. The van der Waals surface area contributed by atoms with Gasteiger partial charge in [0.2, 0.25) is 0 Å². The molecule has 17 heavy (non-hydrogen) atoms. The van der Waals surface area contributed by atoms with Gasteiger partial charge in [0.15, 0.2) is 6.29 Å². The first-order valence-electron chi connectivity index (χ1n) is 7.26. The average Bonchev–Trinajstić information content (AvgIpc) is 2.39. The van der Waals surface area contributed by atoms with Crippen molar-refractivity contribution in [3.05, 3.63) is 0 Å². The summed E-state index contributed by atoms with van der Waals surface area (Å²) in [6, 6.07) is 0. The molecule has 2 rings (SSSR count). The van der Waals surface area contributed by atoms with Crippen LogP contribution >= 0.6 is 0 Å². The monoisotopic (exact) mass is 242 g/mol. The second kappa shape index (κ2) is 7.34. The van der Waals surface area contributed by atoms with Crippen molar-refractivity contribution in [3.8, 4) is 0 Å². The van der Waals surface area contributed by atoms with E-state index in [9.17, 15) is 5.11 Å². The summed E-state index contributed by atoms with van der Waals surface area (Å²) in [7, 11) is 0. The second-order valence-corrected chi connectivity index (χ2v) is 5.51. The minimum absolute atomic E-state index is 0.116. The number of ether oxygens (including phenoxy) is 2. The van der Waals surface area contributed by atoms with Crippen molar-refractivity contribution in [2.75, 3.05) is 13.2 Å². The third-order valence-corrected chi connectivity index (χ3v) is 4.01. The topological polar surface area (TPSA) is 38.7 Å². The van der Waals surface area contributed by atoms with Gasteiger partial charge < -0.3 is 14.6 Å². The van der Waals surface area contributed by atoms with E-state index >= 15 is 0 Å². The van der Waals surface area contributed by atoms with Crippen molar-refractivity contribution >= 4 is 0 Å². The van der Waals surface area contributed by atoms with Gasteiger partial charge in [0, 0.05) is 6.61 Å². The fourth-order valence-electron chi connectivity index (χ4n) is 2.96. The van der Waals surface area contributed by atoms with E-state index in [0.29, 0.717) is 6.61 Å². The summed E-state index contributed by atoms with van der Waals surface area (Å²) in [4.78, 5) is 0. The van der Waals surface area contributed by atoms with Gasteiger partial charge in [-0.15, -0.1) is 0 Å². The van der Waals surface area contributed by atoms with Crippen LogP contribution < -0.4 is 0 Å². The zero-order valence-electron chi connectivity index (χ0n) is 10.8. The minimum atomic E-state index is -0.580.